The maximum Gasteiger partial charge on any atom is 0.163 e. The first-order valence-corrected chi connectivity index (χ1v) is 9.26. The fraction of sp³-hybridized carbons (Fsp3) is 0.600. The van der Waals surface area contributed by atoms with Gasteiger partial charge in [-0.3, -0.25) is 0 Å². The number of aromatic nitrogens is 3. The molecule has 0 saturated heterocycles. The van der Waals surface area contributed by atoms with Crippen LogP contribution in [0.15, 0.2) is 30.3 Å². The molecular formula is C20H25N3. The minimum atomic E-state index is 0.324. The van der Waals surface area contributed by atoms with Gasteiger partial charge in [0.25, 0.3) is 0 Å². The second-order valence-corrected chi connectivity index (χ2v) is 8.16. The van der Waals surface area contributed by atoms with Gasteiger partial charge in [-0.2, -0.15) is 0 Å². The quantitative estimate of drug-likeness (QED) is 0.839. The smallest absolute Gasteiger partial charge is 0.163 e. The molecule has 1 aromatic carbocycles. The summed E-state index contributed by atoms with van der Waals surface area (Å²) in [6.45, 7) is 3.20. The van der Waals surface area contributed by atoms with Crippen LogP contribution in [0.4, 0.5) is 0 Å². The monoisotopic (exact) mass is 307 g/mol. The van der Waals surface area contributed by atoms with E-state index < -0.39 is 0 Å². The van der Waals surface area contributed by atoms with E-state index in [1.54, 1.807) is 0 Å². The van der Waals surface area contributed by atoms with Gasteiger partial charge in [0.05, 0.1) is 0 Å². The molecule has 0 amide bonds. The van der Waals surface area contributed by atoms with Gasteiger partial charge in [-0.1, -0.05) is 30.3 Å². The molecule has 23 heavy (non-hydrogen) atoms. The molecule has 4 bridgehead atoms. The Kier molecular flexibility index (Phi) is 2.95. The summed E-state index contributed by atoms with van der Waals surface area (Å²) in [6, 6.07) is 10.6. The Morgan fingerprint density at radius 3 is 2.13 bits per heavy atom. The van der Waals surface area contributed by atoms with Crippen molar-refractivity contribution in [2.45, 2.75) is 57.4 Å². The number of hydrogen-bond donors (Lipinski definition) is 0. The highest BCUT2D eigenvalue weighted by Gasteiger charge is 2.53. The Morgan fingerprint density at radius 1 is 0.957 bits per heavy atom. The zero-order valence-corrected chi connectivity index (χ0v) is 13.9. The zero-order chi connectivity index (χ0) is 15.4. The molecule has 0 radical (unpaired) electrons. The minimum Gasteiger partial charge on any atom is -0.311 e. The van der Waals surface area contributed by atoms with E-state index in [4.69, 9.17) is 5.10 Å². The Bertz CT molecular complexity index is 680. The molecule has 0 N–H and O–H groups in total. The van der Waals surface area contributed by atoms with E-state index >= 15 is 0 Å². The Balaban J connectivity index is 1.60. The average molecular weight is 307 g/mol. The van der Waals surface area contributed by atoms with Gasteiger partial charge < -0.3 is 4.57 Å². The van der Waals surface area contributed by atoms with E-state index in [1.165, 1.54) is 49.9 Å². The van der Waals surface area contributed by atoms with Gasteiger partial charge in [0.2, 0.25) is 0 Å². The third-order valence-corrected chi connectivity index (χ3v) is 6.61. The third kappa shape index (κ3) is 2.02. The summed E-state index contributed by atoms with van der Waals surface area (Å²) in [5, 5.41) is 9.39. The largest absolute Gasteiger partial charge is 0.311 e. The highest BCUT2D eigenvalue weighted by molar-refractivity contribution is 5.55. The third-order valence-electron chi connectivity index (χ3n) is 6.61. The molecule has 4 aliphatic carbocycles. The van der Waals surface area contributed by atoms with Crippen LogP contribution in [0.1, 0.15) is 51.3 Å². The van der Waals surface area contributed by atoms with Crippen LogP contribution in [0.25, 0.3) is 11.4 Å². The van der Waals surface area contributed by atoms with Crippen LogP contribution in [0.2, 0.25) is 0 Å². The molecule has 4 saturated carbocycles. The first-order valence-electron chi connectivity index (χ1n) is 9.26. The van der Waals surface area contributed by atoms with Gasteiger partial charge in [0.1, 0.15) is 5.82 Å². The van der Waals surface area contributed by atoms with E-state index in [2.05, 4.69) is 46.9 Å². The van der Waals surface area contributed by atoms with Gasteiger partial charge in [-0.05, 0) is 63.2 Å². The Hall–Kier alpha value is -1.64. The van der Waals surface area contributed by atoms with Crippen molar-refractivity contribution < 1.29 is 0 Å². The molecule has 2 aromatic rings. The van der Waals surface area contributed by atoms with Crippen LogP contribution >= 0.6 is 0 Å². The summed E-state index contributed by atoms with van der Waals surface area (Å²) in [5.41, 5.74) is 1.52. The minimum absolute atomic E-state index is 0.324. The SMILES string of the molecule is CCn1c(-c2ccccc2)nnc1C12CC3CC(CC(C3)C1)C2. The summed E-state index contributed by atoms with van der Waals surface area (Å²) in [6.07, 6.45) is 8.49. The number of nitrogens with zero attached hydrogens (tertiary/aromatic N) is 3. The van der Waals surface area contributed by atoms with E-state index in [0.29, 0.717) is 5.41 Å². The van der Waals surface area contributed by atoms with Gasteiger partial charge in [0.15, 0.2) is 5.82 Å². The fourth-order valence-corrected chi connectivity index (χ4v) is 6.18. The highest BCUT2D eigenvalue weighted by atomic mass is 15.3. The lowest BCUT2D eigenvalue weighted by Crippen LogP contribution is -2.49. The molecule has 3 heteroatoms. The first-order chi connectivity index (χ1) is 11.3. The van der Waals surface area contributed by atoms with Crippen molar-refractivity contribution >= 4 is 0 Å². The van der Waals surface area contributed by atoms with Crippen LogP contribution in [0.5, 0.6) is 0 Å². The van der Waals surface area contributed by atoms with Gasteiger partial charge >= 0.3 is 0 Å². The molecular weight excluding hydrogens is 282 g/mol. The van der Waals surface area contributed by atoms with Crippen LogP contribution in [0, 0.1) is 17.8 Å². The maximum atomic E-state index is 4.77. The highest BCUT2D eigenvalue weighted by Crippen LogP contribution is 2.60. The van der Waals surface area contributed by atoms with Crippen molar-refractivity contribution in [1.82, 2.24) is 14.8 Å². The number of rotatable bonds is 3. The van der Waals surface area contributed by atoms with Crippen molar-refractivity contribution in [1.29, 1.82) is 0 Å². The second kappa shape index (κ2) is 4.93. The van der Waals surface area contributed by atoms with Crippen molar-refractivity contribution in [3.8, 4) is 11.4 Å². The summed E-state index contributed by atoms with van der Waals surface area (Å²) in [7, 11) is 0. The van der Waals surface area contributed by atoms with Crippen LogP contribution < -0.4 is 0 Å². The van der Waals surface area contributed by atoms with Gasteiger partial charge in [-0.25, -0.2) is 0 Å². The second-order valence-electron chi connectivity index (χ2n) is 8.16. The molecule has 0 unspecified atom stereocenters. The standard InChI is InChI=1S/C20H25N3/c1-2-23-18(17-6-4-3-5-7-17)21-22-19(23)20-11-14-8-15(12-20)10-16(9-14)13-20/h3-7,14-16H,2,8-13H2,1H3. The molecule has 0 aliphatic heterocycles. The molecule has 0 atom stereocenters. The number of hydrogen-bond acceptors (Lipinski definition) is 2. The molecule has 1 aromatic heterocycles. The van der Waals surface area contributed by atoms with Crippen molar-refractivity contribution in [3.63, 3.8) is 0 Å². The molecule has 120 valence electrons. The molecule has 0 spiro atoms. The number of benzene rings is 1. The molecule has 6 rings (SSSR count). The normalized spacial score (nSPS) is 34.9. The Morgan fingerprint density at radius 2 is 1.57 bits per heavy atom. The summed E-state index contributed by atoms with van der Waals surface area (Å²) in [5.74, 6) is 5.19. The topological polar surface area (TPSA) is 30.7 Å². The predicted molar refractivity (Wildman–Crippen MR) is 91.0 cm³/mol. The molecule has 4 fully saturated rings. The van der Waals surface area contributed by atoms with Gasteiger partial charge in [-0.15, -0.1) is 10.2 Å². The molecule has 1 heterocycles. The zero-order valence-electron chi connectivity index (χ0n) is 13.9. The van der Waals surface area contributed by atoms with Crippen molar-refractivity contribution in [2.75, 3.05) is 0 Å². The summed E-state index contributed by atoms with van der Waals surface area (Å²) < 4.78 is 2.41. The first kappa shape index (κ1) is 13.8. The van der Waals surface area contributed by atoms with Crippen LogP contribution in [-0.2, 0) is 12.0 Å². The van der Waals surface area contributed by atoms with E-state index in [0.717, 1.165) is 30.1 Å². The lowest BCUT2D eigenvalue weighted by Gasteiger charge is -2.56. The lowest BCUT2D eigenvalue weighted by molar-refractivity contribution is -0.0110. The summed E-state index contributed by atoms with van der Waals surface area (Å²) in [4.78, 5) is 0. The molecule has 4 aliphatic rings. The van der Waals surface area contributed by atoms with Crippen molar-refractivity contribution in [3.05, 3.63) is 36.2 Å². The Labute approximate surface area is 138 Å². The predicted octanol–water partition coefficient (Wildman–Crippen LogP) is 4.43. The van der Waals surface area contributed by atoms with Crippen molar-refractivity contribution in [2.24, 2.45) is 17.8 Å². The lowest BCUT2D eigenvalue weighted by atomic mass is 9.49. The van der Waals surface area contributed by atoms with Gasteiger partial charge in [0, 0.05) is 17.5 Å². The summed E-state index contributed by atoms with van der Waals surface area (Å²) >= 11 is 0. The maximum absolute atomic E-state index is 4.77. The van der Waals surface area contributed by atoms with Crippen LogP contribution in [-0.4, -0.2) is 14.8 Å². The van der Waals surface area contributed by atoms with E-state index in [9.17, 15) is 0 Å². The van der Waals surface area contributed by atoms with E-state index in [-0.39, 0.29) is 0 Å². The van der Waals surface area contributed by atoms with Crippen LogP contribution in [0.3, 0.4) is 0 Å². The average Bonchev–Trinajstić information content (AvgIpc) is 2.99. The van der Waals surface area contributed by atoms with E-state index in [1.807, 2.05) is 0 Å². The molecule has 3 nitrogen and oxygen atoms in total. The fourth-order valence-electron chi connectivity index (χ4n) is 6.18.